The molecule has 22 heavy (non-hydrogen) atoms. The van der Waals surface area contributed by atoms with Gasteiger partial charge in [-0.15, -0.1) is 0 Å². The number of furan rings is 1. The van der Waals surface area contributed by atoms with E-state index in [2.05, 4.69) is 11.9 Å². The Morgan fingerprint density at radius 1 is 1.09 bits per heavy atom. The van der Waals surface area contributed by atoms with Gasteiger partial charge in [0.2, 0.25) is 5.76 Å². The van der Waals surface area contributed by atoms with Crippen molar-refractivity contribution in [3.8, 4) is 11.5 Å². The number of halogens is 3. The lowest BCUT2D eigenvalue weighted by atomic mass is 10.2. The van der Waals surface area contributed by atoms with Crippen LogP contribution in [0.1, 0.15) is 11.5 Å². The van der Waals surface area contributed by atoms with Crippen LogP contribution in [0.5, 0.6) is 11.5 Å². The van der Waals surface area contributed by atoms with Crippen molar-refractivity contribution in [2.45, 2.75) is 6.18 Å². The molecule has 0 atom stereocenters. The third-order valence-electron chi connectivity index (χ3n) is 2.89. The molecule has 1 aromatic carbocycles. The standard InChI is InChI=1S/C15H14F3NO3/c1-9(10-7-8-13(22-10)15(16,17)18)19-14-11(20-2)5-4-6-12(14)21-3/h4-8,19H,1H2,2-3H3. The van der Waals surface area contributed by atoms with Crippen LogP contribution in [0.3, 0.4) is 0 Å². The van der Waals surface area contributed by atoms with E-state index in [0.29, 0.717) is 17.2 Å². The maximum absolute atomic E-state index is 12.5. The Hall–Kier alpha value is -2.57. The molecule has 0 saturated carbocycles. The summed E-state index contributed by atoms with van der Waals surface area (Å²) in [5, 5.41) is 2.86. The van der Waals surface area contributed by atoms with Gasteiger partial charge in [0.05, 0.1) is 19.9 Å². The molecule has 0 radical (unpaired) electrons. The molecule has 0 unspecified atom stereocenters. The van der Waals surface area contributed by atoms with Gasteiger partial charge < -0.3 is 19.2 Å². The maximum atomic E-state index is 12.5. The summed E-state index contributed by atoms with van der Waals surface area (Å²) in [7, 11) is 2.94. The molecule has 7 heteroatoms. The number of para-hydroxylation sites is 1. The Morgan fingerprint density at radius 3 is 2.14 bits per heavy atom. The summed E-state index contributed by atoms with van der Waals surface area (Å²) in [6.45, 7) is 3.68. The molecule has 118 valence electrons. The molecule has 0 bridgehead atoms. The van der Waals surface area contributed by atoms with Crippen LogP contribution in [0.4, 0.5) is 18.9 Å². The molecule has 0 spiro atoms. The lowest BCUT2D eigenvalue weighted by Crippen LogP contribution is -2.03. The zero-order valence-electron chi connectivity index (χ0n) is 12.0. The van der Waals surface area contributed by atoms with Crippen molar-refractivity contribution in [2.24, 2.45) is 0 Å². The number of hydrogen-bond donors (Lipinski definition) is 1. The molecule has 1 heterocycles. The van der Waals surface area contributed by atoms with Gasteiger partial charge in [-0.1, -0.05) is 12.6 Å². The highest BCUT2D eigenvalue weighted by Crippen LogP contribution is 2.37. The average molecular weight is 313 g/mol. The van der Waals surface area contributed by atoms with E-state index in [-0.39, 0.29) is 11.5 Å². The molecule has 0 saturated heterocycles. The molecular formula is C15H14F3NO3. The number of alkyl halides is 3. The van der Waals surface area contributed by atoms with Crippen LogP contribution in [-0.2, 0) is 6.18 Å². The molecule has 0 fully saturated rings. The lowest BCUT2D eigenvalue weighted by Gasteiger charge is -2.15. The fourth-order valence-corrected chi connectivity index (χ4v) is 1.84. The fraction of sp³-hybridized carbons (Fsp3) is 0.200. The Morgan fingerprint density at radius 2 is 1.68 bits per heavy atom. The minimum Gasteiger partial charge on any atom is -0.494 e. The third-order valence-corrected chi connectivity index (χ3v) is 2.89. The fourth-order valence-electron chi connectivity index (χ4n) is 1.84. The molecule has 0 aliphatic heterocycles. The Bertz CT molecular complexity index is 655. The lowest BCUT2D eigenvalue weighted by molar-refractivity contribution is -0.153. The predicted octanol–water partition coefficient (Wildman–Crippen LogP) is 4.40. The van der Waals surface area contributed by atoms with Crippen molar-refractivity contribution in [2.75, 3.05) is 19.5 Å². The van der Waals surface area contributed by atoms with Gasteiger partial charge in [0.25, 0.3) is 0 Å². The van der Waals surface area contributed by atoms with Crippen LogP contribution < -0.4 is 14.8 Å². The second kappa shape index (κ2) is 6.05. The first kappa shape index (κ1) is 15.8. The Kier molecular flexibility index (Phi) is 4.35. The smallest absolute Gasteiger partial charge is 0.449 e. The first-order valence-corrected chi connectivity index (χ1v) is 6.21. The number of methoxy groups -OCH3 is 2. The number of nitrogens with one attached hydrogen (secondary N) is 1. The van der Waals surface area contributed by atoms with Gasteiger partial charge in [-0.2, -0.15) is 13.2 Å². The summed E-state index contributed by atoms with van der Waals surface area (Å²) < 4.78 is 52.8. The van der Waals surface area contributed by atoms with Crippen LogP contribution in [0, 0.1) is 0 Å². The first-order chi connectivity index (χ1) is 10.4. The van der Waals surface area contributed by atoms with Crippen molar-refractivity contribution < 1.29 is 27.1 Å². The summed E-state index contributed by atoms with van der Waals surface area (Å²) in [4.78, 5) is 0. The summed E-state index contributed by atoms with van der Waals surface area (Å²) >= 11 is 0. The largest absolute Gasteiger partial charge is 0.494 e. The molecular weight excluding hydrogens is 299 g/mol. The first-order valence-electron chi connectivity index (χ1n) is 6.21. The molecule has 4 nitrogen and oxygen atoms in total. The Labute approximate surface area is 125 Å². The van der Waals surface area contributed by atoms with E-state index in [0.717, 1.165) is 6.07 Å². The minimum absolute atomic E-state index is 0.0275. The van der Waals surface area contributed by atoms with E-state index >= 15 is 0 Å². The van der Waals surface area contributed by atoms with E-state index in [4.69, 9.17) is 13.9 Å². The van der Waals surface area contributed by atoms with Crippen molar-refractivity contribution in [1.82, 2.24) is 0 Å². The highest BCUT2D eigenvalue weighted by molar-refractivity contribution is 5.80. The van der Waals surface area contributed by atoms with Crippen LogP contribution in [0.15, 0.2) is 41.3 Å². The summed E-state index contributed by atoms with van der Waals surface area (Å²) in [5.41, 5.74) is 0.598. The molecule has 1 aromatic heterocycles. The van der Waals surface area contributed by atoms with Crippen LogP contribution in [-0.4, -0.2) is 14.2 Å². The number of hydrogen-bond acceptors (Lipinski definition) is 4. The van der Waals surface area contributed by atoms with Gasteiger partial charge in [0, 0.05) is 0 Å². The maximum Gasteiger partial charge on any atom is 0.449 e. The number of anilines is 1. The topological polar surface area (TPSA) is 43.6 Å². The highest BCUT2D eigenvalue weighted by atomic mass is 19.4. The van der Waals surface area contributed by atoms with Crippen LogP contribution in [0.25, 0.3) is 5.70 Å². The SMILES string of the molecule is C=C(Nc1c(OC)cccc1OC)c1ccc(C(F)(F)F)o1. The van der Waals surface area contributed by atoms with Gasteiger partial charge in [0.15, 0.2) is 0 Å². The van der Waals surface area contributed by atoms with Gasteiger partial charge in [-0.25, -0.2) is 0 Å². The number of ether oxygens (including phenoxy) is 2. The molecule has 2 rings (SSSR count). The van der Waals surface area contributed by atoms with E-state index in [1.54, 1.807) is 18.2 Å². The summed E-state index contributed by atoms with van der Waals surface area (Å²) in [6.07, 6.45) is -4.54. The van der Waals surface area contributed by atoms with Crippen molar-refractivity contribution in [1.29, 1.82) is 0 Å². The van der Waals surface area contributed by atoms with E-state index in [9.17, 15) is 13.2 Å². The zero-order valence-corrected chi connectivity index (χ0v) is 12.0. The molecule has 0 aliphatic carbocycles. The van der Waals surface area contributed by atoms with Crippen molar-refractivity contribution in [3.05, 3.63) is 48.4 Å². The van der Waals surface area contributed by atoms with Gasteiger partial charge in [0.1, 0.15) is 22.9 Å². The van der Waals surface area contributed by atoms with Gasteiger partial charge >= 0.3 is 6.18 Å². The average Bonchev–Trinajstić information content (AvgIpc) is 2.97. The summed E-state index contributed by atoms with van der Waals surface area (Å²) in [5.74, 6) is -0.191. The quantitative estimate of drug-likeness (QED) is 0.888. The normalized spacial score (nSPS) is 11.1. The molecule has 2 aromatic rings. The van der Waals surface area contributed by atoms with E-state index in [1.165, 1.54) is 20.3 Å². The second-order valence-corrected chi connectivity index (χ2v) is 4.30. The monoisotopic (exact) mass is 313 g/mol. The molecule has 0 aliphatic rings. The second-order valence-electron chi connectivity index (χ2n) is 4.30. The number of rotatable bonds is 5. The molecule has 1 N–H and O–H groups in total. The van der Waals surface area contributed by atoms with E-state index in [1.807, 2.05) is 0 Å². The van der Waals surface area contributed by atoms with Crippen LogP contribution >= 0.6 is 0 Å². The minimum atomic E-state index is -4.54. The Balaban J connectivity index is 2.28. The molecule has 0 amide bonds. The zero-order chi connectivity index (χ0) is 16.3. The van der Waals surface area contributed by atoms with Crippen molar-refractivity contribution in [3.63, 3.8) is 0 Å². The number of benzene rings is 1. The highest BCUT2D eigenvalue weighted by Gasteiger charge is 2.35. The third kappa shape index (κ3) is 3.19. The van der Waals surface area contributed by atoms with Gasteiger partial charge in [-0.3, -0.25) is 0 Å². The van der Waals surface area contributed by atoms with Crippen molar-refractivity contribution >= 4 is 11.4 Å². The van der Waals surface area contributed by atoms with Crippen LogP contribution in [0.2, 0.25) is 0 Å². The summed E-state index contributed by atoms with van der Waals surface area (Å²) in [6, 6.07) is 7.13. The van der Waals surface area contributed by atoms with Gasteiger partial charge in [-0.05, 0) is 24.3 Å². The predicted molar refractivity (Wildman–Crippen MR) is 75.9 cm³/mol. The van der Waals surface area contributed by atoms with E-state index < -0.39 is 11.9 Å².